The topological polar surface area (TPSA) is 13.1 Å². The highest BCUT2D eigenvalue weighted by Gasteiger charge is 2.21. The van der Waals surface area contributed by atoms with Crippen LogP contribution in [0.4, 0.5) is 17.1 Å². The molecule has 0 atom stereocenters. The molecule has 69 heavy (non-hydrogen) atoms. The second kappa shape index (κ2) is 17.1. The molecular formula is C66H47N3. The monoisotopic (exact) mass is 881 g/mol. The number of aryl methyl sites for hydroxylation is 1. The molecule has 0 bridgehead atoms. The predicted molar refractivity (Wildman–Crippen MR) is 291 cm³/mol. The summed E-state index contributed by atoms with van der Waals surface area (Å²) >= 11 is 0. The summed E-state index contributed by atoms with van der Waals surface area (Å²) in [5.41, 5.74) is 21.6. The van der Waals surface area contributed by atoms with Gasteiger partial charge in [-0.15, -0.1) is 0 Å². The number of allylic oxidation sites excluding steroid dienone is 1. The lowest BCUT2D eigenvalue weighted by Crippen LogP contribution is -2.10. The Hall–Kier alpha value is -8.92. The third kappa shape index (κ3) is 7.24. The Bertz CT molecular complexity index is 3760. The maximum atomic E-state index is 2.46. The number of aromatic nitrogens is 2. The van der Waals surface area contributed by atoms with Crippen LogP contribution in [0.5, 0.6) is 0 Å². The minimum absolute atomic E-state index is 1.02. The Morgan fingerprint density at radius 1 is 0.304 bits per heavy atom. The zero-order valence-electron chi connectivity index (χ0n) is 38.1. The van der Waals surface area contributed by atoms with Crippen LogP contribution in [0.15, 0.2) is 255 Å². The molecule has 0 amide bonds. The van der Waals surface area contributed by atoms with Gasteiger partial charge >= 0.3 is 0 Å². The second-order valence-corrected chi connectivity index (χ2v) is 18.1. The van der Waals surface area contributed by atoms with Crippen molar-refractivity contribution in [1.29, 1.82) is 0 Å². The van der Waals surface area contributed by atoms with Gasteiger partial charge in [-0.25, -0.2) is 0 Å². The summed E-state index contributed by atoms with van der Waals surface area (Å²) in [6.45, 7) is 0. The van der Waals surface area contributed by atoms with Crippen LogP contribution in [0.2, 0.25) is 0 Å². The number of para-hydroxylation sites is 2. The fraction of sp³-hybridized carbons (Fsp3) is 0.0303. The number of hydrogen-bond acceptors (Lipinski definition) is 1. The zero-order chi connectivity index (χ0) is 45.7. The van der Waals surface area contributed by atoms with Gasteiger partial charge in [0.15, 0.2) is 0 Å². The summed E-state index contributed by atoms with van der Waals surface area (Å²) in [7, 11) is 0. The van der Waals surface area contributed by atoms with Gasteiger partial charge in [-0.05, 0) is 160 Å². The van der Waals surface area contributed by atoms with E-state index in [9.17, 15) is 0 Å². The van der Waals surface area contributed by atoms with Crippen LogP contribution in [0.1, 0.15) is 17.7 Å². The summed E-state index contributed by atoms with van der Waals surface area (Å²) in [6.07, 6.45) is 6.72. The first kappa shape index (κ1) is 40.4. The van der Waals surface area contributed by atoms with E-state index in [0.717, 1.165) is 35.6 Å². The molecule has 0 spiro atoms. The fourth-order valence-electron chi connectivity index (χ4n) is 10.6. The van der Waals surface area contributed by atoms with Crippen molar-refractivity contribution in [2.24, 2.45) is 0 Å². The summed E-state index contributed by atoms with van der Waals surface area (Å²) in [6, 6.07) is 90.6. The van der Waals surface area contributed by atoms with E-state index in [2.05, 4.69) is 275 Å². The van der Waals surface area contributed by atoms with E-state index in [4.69, 9.17) is 0 Å². The third-order valence-corrected chi connectivity index (χ3v) is 14.0. The van der Waals surface area contributed by atoms with Crippen molar-refractivity contribution < 1.29 is 0 Å². The van der Waals surface area contributed by atoms with E-state index in [1.54, 1.807) is 0 Å². The summed E-state index contributed by atoms with van der Waals surface area (Å²) in [5.74, 6) is 0. The third-order valence-electron chi connectivity index (χ3n) is 14.0. The number of benzene rings is 10. The second-order valence-electron chi connectivity index (χ2n) is 18.1. The molecule has 0 N–H and O–H groups in total. The zero-order valence-corrected chi connectivity index (χ0v) is 38.1. The van der Waals surface area contributed by atoms with Gasteiger partial charge in [0.25, 0.3) is 0 Å². The van der Waals surface area contributed by atoms with Crippen LogP contribution < -0.4 is 4.90 Å². The Labute approximate surface area is 402 Å². The lowest BCUT2D eigenvalue weighted by molar-refractivity contribution is 0.967. The number of rotatable bonds is 9. The maximum absolute atomic E-state index is 2.46. The first-order chi connectivity index (χ1) is 34.2. The van der Waals surface area contributed by atoms with Crippen LogP contribution in [-0.4, -0.2) is 9.13 Å². The number of fused-ring (bicyclic) bond motifs is 6. The fourth-order valence-corrected chi connectivity index (χ4v) is 10.6. The highest BCUT2D eigenvalue weighted by atomic mass is 15.1. The predicted octanol–water partition coefficient (Wildman–Crippen LogP) is 17.8. The molecular weight excluding hydrogens is 835 g/mol. The largest absolute Gasteiger partial charge is 0.310 e. The summed E-state index contributed by atoms with van der Waals surface area (Å²) in [5, 5.41) is 3.86. The van der Waals surface area contributed by atoms with Crippen molar-refractivity contribution in [3.8, 4) is 55.9 Å². The molecule has 0 saturated heterocycles. The Kier molecular flexibility index (Phi) is 9.98. The number of hydrogen-bond donors (Lipinski definition) is 0. The van der Waals surface area contributed by atoms with Crippen LogP contribution >= 0.6 is 0 Å². The van der Waals surface area contributed by atoms with Gasteiger partial charge < -0.3 is 14.0 Å². The van der Waals surface area contributed by atoms with Crippen molar-refractivity contribution in [1.82, 2.24) is 9.13 Å². The van der Waals surface area contributed by atoms with Crippen LogP contribution in [0.25, 0.3) is 94.7 Å². The normalized spacial score (nSPS) is 12.2. The molecule has 0 radical (unpaired) electrons. The van der Waals surface area contributed by atoms with Crippen molar-refractivity contribution in [3.05, 3.63) is 266 Å². The molecule has 10 aromatic carbocycles. The van der Waals surface area contributed by atoms with Gasteiger partial charge in [-0.3, -0.25) is 0 Å². The first-order valence-corrected chi connectivity index (χ1v) is 24.0. The standard InChI is InChI=1S/C66H47N3/c1-4-15-46(16-5-1)48-27-35-55(36-28-48)67(56-37-29-49(30-38-56)47-17-6-2-7-18-47)58-22-14-19-51(43-58)50-31-39-57(40-32-50)69-64-26-13-11-24-60(64)62-45-53(34-42-66(62)69)52-33-41-65-61(44-52)59-23-10-12-25-63(59)68(65)54-20-8-3-9-21-54/h1-10,12-23,25-45H,11,24H2. The summed E-state index contributed by atoms with van der Waals surface area (Å²) in [4.78, 5) is 2.36. The van der Waals surface area contributed by atoms with Crippen molar-refractivity contribution in [2.45, 2.75) is 12.8 Å². The van der Waals surface area contributed by atoms with E-state index >= 15 is 0 Å². The Balaban J connectivity index is 0.848. The van der Waals surface area contributed by atoms with Crippen LogP contribution in [-0.2, 0) is 6.42 Å². The molecule has 3 heteroatoms. The van der Waals surface area contributed by atoms with Gasteiger partial charge in [-0.1, -0.05) is 164 Å². The highest BCUT2D eigenvalue weighted by molar-refractivity contribution is 6.10. The minimum Gasteiger partial charge on any atom is -0.310 e. The van der Waals surface area contributed by atoms with Crippen molar-refractivity contribution in [3.63, 3.8) is 0 Å². The average molecular weight is 882 g/mol. The van der Waals surface area contributed by atoms with Gasteiger partial charge in [-0.2, -0.15) is 0 Å². The van der Waals surface area contributed by atoms with Gasteiger partial charge in [0.1, 0.15) is 0 Å². The molecule has 3 nitrogen and oxygen atoms in total. The molecule has 0 unspecified atom stereocenters. The Morgan fingerprint density at radius 2 is 0.768 bits per heavy atom. The molecule has 2 aromatic heterocycles. The van der Waals surface area contributed by atoms with E-state index in [-0.39, 0.29) is 0 Å². The van der Waals surface area contributed by atoms with Gasteiger partial charge in [0, 0.05) is 50.3 Å². The average Bonchev–Trinajstić information content (AvgIpc) is 3.94. The smallest absolute Gasteiger partial charge is 0.0541 e. The molecule has 0 fully saturated rings. The van der Waals surface area contributed by atoms with Crippen molar-refractivity contribution in [2.75, 3.05) is 4.90 Å². The Morgan fingerprint density at radius 3 is 1.42 bits per heavy atom. The highest BCUT2D eigenvalue weighted by Crippen LogP contribution is 2.41. The molecule has 0 aliphatic heterocycles. The quantitative estimate of drug-likeness (QED) is 0.141. The summed E-state index contributed by atoms with van der Waals surface area (Å²) < 4.78 is 4.84. The number of anilines is 3. The number of nitrogens with zero attached hydrogens (tertiary/aromatic N) is 3. The first-order valence-electron chi connectivity index (χ1n) is 24.0. The van der Waals surface area contributed by atoms with E-state index in [1.165, 1.54) is 94.2 Å². The van der Waals surface area contributed by atoms with E-state index in [0.29, 0.717) is 0 Å². The van der Waals surface area contributed by atoms with Crippen LogP contribution in [0, 0.1) is 0 Å². The van der Waals surface area contributed by atoms with Gasteiger partial charge in [0.05, 0.1) is 16.6 Å². The molecule has 2 heterocycles. The van der Waals surface area contributed by atoms with Gasteiger partial charge in [0.2, 0.25) is 0 Å². The molecule has 1 aliphatic carbocycles. The molecule has 1 aliphatic rings. The molecule has 326 valence electrons. The van der Waals surface area contributed by atoms with Crippen molar-refractivity contribution >= 4 is 55.8 Å². The molecule has 13 rings (SSSR count). The SMILES string of the molecule is C1=Cc2c(c3cc(-c4ccc5c(c4)c4ccccc4n5-c4ccccc4)ccc3n2-c2ccc(-c3cccc(N(c4ccc(-c5ccccc5)cc4)c4ccc(-c5ccccc5)cc4)c3)cc2)CC1. The van der Waals surface area contributed by atoms with E-state index in [1.807, 2.05) is 0 Å². The maximum Gasteiger partial charge on any atom is 0.0541 e. The molecule has 0 saturated carbocycles. The lowest BCUT2D eigenvalue weighted by atomic mass is 9.97. The lowest BCUT2D eigenvalue weighted by Gasteiger charge is -2.26. The van der Waals surface area contributed by atoms with E-state index < -0.39 is 0 Å². The molecule has 12 aromatic rings. The van der Waals surface area contributed by atoms with Crippen LogP contribution in [0.3, 0.4) is 0 Å². The minimum atomic E-state index is 1.02.